The Morgan fingerprint density at radius 3 is 2.40 bits per heavy atom. The maximum absolute atomic E-state index is 11.7. The van der Waals surface area contributed by atoms with Crippen LogP contribution in [0.3, 0.4) is 0 Å². The van der Waals surface area contributed by atoms with Crippen LogP contribution in [0.1, 0.15) is 26.7 Å². The van der Waals surface area contributed by atoms with Gasteiger partial charge in [0.05, 0.1) is 0 Å². The lowest BCUT2D eigenvalue weighted by molar-refractivity contribution is -0.137. The number of hydrogen-bond donors (Lipinski definition) is 2. The summed E-state index contributed by atoms with van der Waals surface area (Å²) in [4.78, 5) is 23.4. The van der Waals surface area contributed by atoms with E-state index in [1.165, 1.54) is 0 Å². The lowest BCUT2D eigenvalue weighted by atomic mass is 10.0. The summed E-state index contributed by atoms with van der Waals surface area (Å²) in [6, 6.07) is 0.0715. The summed E-state index contributed by atoms with van der Waals surface area (Å²) in [5, 5.41) is 5.45. The van der Waals surface area contributed by atoms with Gasteiger partial charge in [-0.25, -0.2) is 0 Å². The van der Waals surface area contributed by atoms with Crippen LogP contribution in [0.15, 0.2) is 12.7 Å². The molecule has 2 N–H and O–H groups in total. The van der Waals surface area contributed by atoms with Crippen LogP contribution in [-0.2, 0) is 9.59 Å². The molecule has 0 spiro atoms. The molecule has 0 heterocycles. The van der Waals surface area contributed by atoms with E-state index in [9.17, 15) is 9.59 Å². The summed E-state index contributed by atoms with van der Waals surface area (Å²) in [5.74, 6) is -0.334. The molecule has 15 heavy (non-hydrogen) atoms. The predicted molar refractivity (Wildman–Crippen MR) is 58.2 cm³/mol. The van der Waals surface area contributed by atoms with Crippen molar-refractivity contribution in [3.8, 4) is 0 Å². The summed E-state index contributed by atoms with van der Waals surface area (Å²) >= 11 is 0. The van der Waals surface area contributed by atoms with E-state index in [0.717, 1.165) is 0 Å². The van der Waals surface area contributed by atoms with Crippen LogP contribution in [0.2, 0.25) is 0 Å². The monoisotopic (exact) mass is 210 g/mol. The molecule has 0 aromatic heterocycles. The van der Waals surface area contributed by atoms with Crippen LogP contribution in [0.4, 0.5) is 0 Å². The molecule has 0 aromatic carbocycles. The third kappa shape index (κ3) is 2.58. The van der Waals surface area contributed by atoms with Crippen LogP contribution in [0.25, 0.3) is 0 Å². The minimum atomic E-state index is -0.798. The van der Waals surface area contributed by atoms with E-state index < -0.39 is 5.41 Å². The average molecular weight is 210 g/mol. The topological polar surface area (TPSA) is 58.2 Å². The fourth-order valence-corrected chi connectivity index (χ4v) is 1.42. The van der Waals surface area contributed by atoms with Gasteiger partial charge in [-0.15, -0.1) is 6.58 Å². The lowest BCUT2D eigenvalue weighted by Crippen LogP contribution is -2.45. The quantitative estimate of drug-likeness (QED) is 0.515. The minimum absolute atomic E-state index is 0.0715. The van der Waals surface area contributed by atoms with Crippen molar-refractivity contribution in [2.24, 2.45) is 5.41 Å². The van der Waals surface area contributed by atoms with Crippen molar-refractivity contribution in [2.45, 2.75) is 32.7 Å². The number of hydrogen-bond acceptors (Lipinski definition) is 2. The predicted octanol–water partition coefficient (Wildman–Crippen LogP) is 0.593. The number of amides is 2. The molecule has 0 saturated heterocycles. The molecule has 4 nitrogen and oxygen atoms in total. The maximum Gasteiger partial charge on any atom is 0.235 e. The Balaban J connectivity index is 2.55. The third-order valence-electron chi connectivity index (χ3n) is 2.45. The summed E-state index contributed by atoms with van der Waals surface area (Å²) in [5.41, 5.74) is -0.798. The van der Waals surface area contributed by atoms with Gasteiger partial charge in [0.15, 0.2) is 0 Å². The summed E-state index contributed by atoms with van der Waals surface area (Å²) < 4.78 is 0. The molecule has 1 fully saturated rings. The molecular weight excluding hydrogens is 192 g/mol. The van der Waals surface area contributed by atoms with Gasteiger partial charge in [-0.2, -0.15) is 0 Å². The number of carbonyl (C=O) groups is 2. The van der Waals surface area contributed by atoms with Crippen molar-refractivity contribution in [1.29, 1.82) is 0 Å². The molecule has 0 aliphatic heterocycles. The largest absolute Gasteiger partial charge is 0.353 e. The number of carbonyl (C=O) groups excluding carboxylic acids is 2. The molecule has 0 atom stereocenters. The highest BCUT2D eigenvalue weighted by atomic mass is 16.2. The van der Waals surface area contributed by atoms with Gasteiger partial charge in [0, 0.05) is 12.6 Å². The van der Waals surface area contributed by atoms with Crippen LogP contribution >= 0.6 is 0 Å². The first-order valence-electron chi connectivity index (χ1n) is 5.23. The zero-order chi connectivity index (χ0) is 11.5. The van der Waals surface area contributed by atoms with Gasteiger partial charge >= 0.3 is 0 Å². The van der Waals surface area contributed by atoms with Gasteiger partial charge in [-0.05, 0) is 26.7 Å². The molecule has 0 radical (unpaired) electrons. The Hall–Kier alpha value is -1.32. The van der Waals surface area contributed by atoms with Crippen LogP contribution in [0.5, 0.6) is 0 Å². The van der Waals surface area contributed by atoms with E-state index in [-0.39, 0.29) is 17.9 Å². The van der Waals surface area contributed by atoms with E-state index in [1.807, 2.05) is 13.8 Å². The van der Waals surface area contributed by atoms with E-state index in [1.54, 1.807) is 6.08 Å². The highest BCUT2D eigenvalue weighted by Crippen LogP contribution is 2.46. The minimum Gasteiger partial charge on any atom is -0.353 e. The first kappa shape index (κ1) is 11.8. The molecule has 0 aromatic rings. The summed E-state index contributed by atoms with van der Waals surface area (Å²) in [6.07, 6.45) is 2.90. The van der Waals surface area contributed by atoms with Gasteiger partial charge in [-0.1, -0.05) is 6.08 Å². The molecule has 1 rings (SSSR count). The second-order valence-electron chi connectivity index (χ2n) is 4.21. The lowest BCUT2D eigenvalue weighted by Gasteiger charge is -2.16. The standard InChI is InChI=1S/C11H18N2O2/c1-4-7-12-9(14)11(5-6-11)10(15)13-8(2)3/h4,8H,1,5-7H2,2-3H3,(H,12,14)(H,13,15). The van der Waals surface area contributed by atoms with Crippen molar-refractivity contribution in [1.82, 2.24) is 10.6 Å². The van der Waals surface area contributed by atoms with Crippen LogP contribution in [-0.4, -0.2) is 24.4 Å². The third-order valence-corrected chi connectivity index (χ3v) is 2.45. The molecule has 84 valence electrons. The van der Waals surface area contributed by atoms with Gasteiger partial charge in [0.1, 0.15) is 5.41 Å². The van der Waals surface area contributed by atoms with E-state index in [0.29, 0.717) is 19.4 Å². The Bertz CT molecular complexity index is 280. The fourth-order valence-electron chi connectivity index (χ4n) is 1.42. The Labute approximate surface area is 90.1 Å². The molecule has 4 heteroatoms. The highest BCUT2D eigenvalue weighted by Gasteiger charge is 2.56. The van der Waals surface area contributed by atoms with Crippen molar-refractivity contribution in [3.05, 3.63) is 12.7 Å². The summed E-state index contributed by atoms with van der Waals surface area (Å²) in [6.45, 7) is 7.69. The second-order valence-corrected chi connectivity index (χ2v) is 4.21. The fraction of sp³-hybridized carbons (Fsp3) is 0.636. The molecule has 0 unspecified atom stereocenters. The van der Waals surface area contributed by atoms with Crippen molar-refractivity contribution in [3.63, 3.8) is 0 Å². The molecule has 2 amide bonds. The molecule has 1 aliphatic rings. The van der Waals surface area contributed by atoms with Gasteiger partial charge in [0.25, 0.3) is 0 Å². The van der Waals surface area contributed by atoms with E-state index in [4.69, 9.17) is 0 Å². The zero-order valence-electron chi connectivity index (χ0n) is 9.30. The first-order chi connectivity index (χ1) is 7.03. The Morgan fingerprint density at radius 2 is 2.00 bits per heavy atom. The molecule has 0 bridgehead atoms. The van der Waals surface area contributed by atoms with E-state index >= 15 is 0 Å². The number of nitrogens with one attached hydrogen (secondary N) is 2. The zero-order valence-corrected chi connectivity index (χ0v) is 9.30. The highest BCUT2D eigenvalue weighted by molar-refractivity contribution is 6.07. The second kappa shape index (κ2) is 4.47. The Morgan fingerprint density at radius 1 is 1.40 bits per heavy atom. The maximum atomic E-state index is 11.7. The summed E-state index contributed by atoms with van der Waals surface area (Å²) in [7, 11) is 0. The van der Waals surface area contributed by atoms with E-state index in [2.05, 4.69) is 17.2 Å². The van der Waals surface area contributed by atoms with Crippen molar-refractivity contribution < 1.29 is 9.59 Å². The average Bonchev–Trinajstić information content (AvgIpc) is 2.93. The van der Waals surface area contributed by atoms with Gasteiger partial charge in [-0.3, -0.25) is 9.59 Å². The molecular formula is C11H18N2O2. The SMILES string of the molecule is C=CCNC(=O)C1(C(=O)NC(C)C)CC1. The van der Waals surface area contributed by atoms with Gasteiger partial charge in [0.2, 0.25) is 11.8 Å². The molecule has 1 saturated carbocycles. The number of rotatable bonds is 5. The van der Waals surface area contributed by atoms with Crippen LogP contribution < -0.4 is 10.6 Å². The normalized spacial score (nSPS) is 17.0. The Kier molecular flexibility index (Phi) is 3.50. The first-order valence-corrected chi connectivity index (χ1v) is 5.23. The van der Waals surface area contributed by atoms with Crippen LogP contribution in [0, 0.1) is 5.41 Å². The van der Waals surface area contributed by atoms with Crippen molar-refractivity contribution in [2.75, 3.05) is 6.54 Å². The van der Waals surface area contributed by atoms with Crippen molar-refractivity contribution >= 4 is 11.8 Å². The van der Waals surface area contributed by atoms with Gasteiger partial charge < -0.3 is 10.6 Å². The molecule has 1 aliphatic carbocycles. The smallest absolute Gasteiger partial charge is 0.235 e.